The highest BCUT2D eigenvalue weighted by molar-refractivity contribution is 7.89. The molecule has 1 aliphatic heterocycles. The lowest BCUT2D eigenvalue weighted by Crippen LogP contribution is -2.45. The number of aliphatic carboxylic acids is 1. The van der Waals surface area contributed by atoms with Crippen molar-refractivity contribution >= 4 is 16.0 Å². The van der Waals surface area contributed by atoms with E-state index < -0.39 is 21.9 Å². The van der Waals surface area contributed by atoms with Crippen LogP contribution in [0.1, 0.15) is 32.3 Å². The molecule has 0 aromatic heterocycles. The second kappa shape index (κ2) is 6.15. The summed E-state index contributed by atoms with van der Waals surface area (Å²) in [5.41, 5.74) is 1.09. The molecule has 2 unspecified atom stereocenters. The lowest BCUT2D eigenvalue weighted by atomic mass is 9.93. The second-order valence-electron chi connectivity index (χ2n) is 5.52. The van der Waals surface area contributed by atoms with Gasteiger partial charge in [-0.25, -0.2) is 8.42 Å². The van der Waals surface area contributed by atoms with Crippen molar-refractivity contribution in [1.82, 2.24) is 4.31 Å². The van der Waals surface area contributed by atoms with Gasteiger partial charge in [-0.2, -0.15) is 4.31 Å². The van der Waals surface area contributed by atoms with Gasteiger partial charge in [0, 0.05) is 12.6 Å². The molecule has 1 aromatic carbocycles. The molecule has 2 atom stereocenters. The minimum atomic E-state index is -3.54. The topological polar surface area (TPSA) is 74.7 Å². The number of hydrogen-bond donors (Lipinski definition) is 1. The van der Waals surface area contributed by atoms with Crippen LogP contribution >= 0.6 is 0 Å². The van der Waals surface area contributed by atoms with Gasteiger partial charge in [0.05, 0.1) is 10.8 Å². The summed E-state index contributed by atoms with van der Waals surface area (Å²) >= 11 is 0. The zero-order chi connectivity index (χ0) is 15.6. The van der Waals surface area contributed by atoms with E-state index in [-0.39, 0.29) is 17.5 Å². The zero-order valence-electron chi connectivity index (χ0n) is 12.3. The fourth-order valence-corrected chi connectivity index (χ4v) is 4.42. The molecule has 1 N–H and O–H groups in total. The summed E-state index contributed by atoms with van der Waals surface area (Å²) in [6.07, 6.45) is 1.59. The summed E-state index contributed by atoms with van der Waals surface area (Å²) in [6, 6.07) is 6.60. The highest BCUT2D eigenvalue weighted by atomic mass is 32.2. The molecule has 0 amide bonds. The normalized spacial score (nSPS) is 23.9. The number of sulfonamides is 1. The van der Waals surface area contributed by atoms with E-state index in [1.165, 1.54) is 4.31 Å². The fraction of sp³-hybridized carbons (Fsp3) is 0.533. The highest BCUT2D eigenvalue weighted by Crippen LogP contribution is 2.28. The van der Waals surface area contributed by atoms with Crippen LogP contribution in [0.5, 0.6) is 0 Å². The molecule has 116 valence electrons. The van der Waals surface area contributed by atoms with Crippen LogP contribution in [0, 0.1) is 5.92 Å². The molecule has 5 nitrogen and oxygen atoms in total. The number of carboxylic acids is 1. The summed E-state index contributed by atoms with van der Waals surface area (Å²) in [7, 11) is -3.54. The lowest BCUT2D eigenvalue weighted by Gasteiger charge is -2.35. The Hall–Kier alpha value is -1.40. The smallest absolute Gasteiger partial charge is 0.306 e. The molecule has 1 fully saturated rings. The van der Waals surface area contributed by atoms with Crippen LogP contribution in [0.3, 0.4) is 0 Å². The molecule has 0 saturated carbocycles. The standard InChI is InChI=1S/C15H21NO4S/c1-3-12-4-6-14(7-5-12)21(19,20)16-9-8-13(15(17)18)10-11(16)2/h4-7,11,13H,3,8-10H2,1-2H3,(H,17,18). The van der Waals surface area contributed by atoms with Gasteiger partial charge in [-0.15, -0.1) is 0 Å². The van der Waals surface area contributed by atoms with Gasteiger partial charge in [0.1, 0.15) is 0 Å². The Morgan fingerprint density at radius 3 is 2.43 bits per heavy atom. The first-order valence-corrected chi connectivity index (χ1v) is 8.64. The Morgan fingerprint density at radius 1 is 1.33 bits per heavy atom. The first-order chi connectivity index (χ1) is 9.86. The van der Waals surface area contributed by atoms with Gasteiger partial charge in [-0.05, 0) is 43.9 Å². The van der Waals surface area contributed by atoms with E-state index in [2.05, 4.69) is 0 Å². The predicted octanol–water partition coefficient (Wildman–Crippen LogP) is 2.12. The summed E-state index contributed by atoms with van der Waals surface area (Å²) in [5, 5.41) is 9.05. The maximum atomic E-state index is 12.7. The first kappa shape index (κ1) is 16.0. The molecule has 0 spiro atoms. The van der Waals surface area contributed by atoms with Crippen molar-refractivity contribution in [1.29, 1.82) is 0 Å². The van der Waals surface area contributed by atoms with Gasteiger partial charge in [-0.3, -0.25) is 4.79 Å². The minimum absolute atomic E-state index is 0.260. The van der Waals surface area contributed by atoms with Crippen LogP contribution in [0.15, 0.2) is 29.2 Å². The number of carbonyl (C=O) groups is 1. The van der Waals surface area contributed by atoms with Crippen molar-refractivity contribution in [2.24, 2.45) is 5.92 Å². The van der Waals surface area contributed by atoms with Gasteiger partial charge in [0.15, 0.2) is 0 Å². The number of carboxylic acid groups (broad SMARTS) is 1. The Labute approximate surface area is 125 Å². The summed E-state index contributed by atoms with van der Waals surface area (Å²) in [4.78, 5) is 11.3. The molecule has 0 radical (unpaired) electrons. The van der Waals surface area contributed by atoms with E-state index in [0.717, 1.165) is 12.0 Å². The van der Waals surface area contributed by atoms with Crippen LogP contribution in [-0.4, -0.2) is 36.4 Å². The Bertz CT molecular complexity index is 609. The molecule has 21 heavy (non-hydrogen) atoms. The molecular weight excluding hydrogens is 290 g/mol. The third kappa shape index (κ3) is 3.27. The van der Waals surface area contributed by atoms with Crippen molar-refractivity contribution in [2.45, 2.75) is 44.0 Å². The van der Waals surface area contributed by atoms with Gasteiger partial charge < -0.3 is 5.11 Å². The van der Waals surface area contributed by atoms with Crippen molar-refractivity contribution in [3.63, 3.8) is 0 Å². The van der Waals surface area contributed by atoms with E-state index in [4.69, 9.17) is 5.11 Å². The van der Waals surface area contributed by atoms with Crippen molar-refractivity contribution in [2.75, 3.05) is 6.54 Å². The van der Waals surface area contributed by atoms with Gasteiger partial charge in [0.25, 0.3) is 0 Å². The van der Waals surface area contributed by atoms with Gasteiger partial charge >= 0.3 is 5.97 Å². The maximum absolute atomic E-state index is 12.7. The highest BCUT2D eigenvalue weighted by Gasteiger charge is 2.36. The molecular formula is C15H21NO4S. The van der Waals surface area contributed by atoms with E-state index >= 15 is 0 Å². The predicted molar refractivity (Wildman–Crippen MR) is 79.5 cm³/mol. The van der Waals surface area contributed by atoms with Crippen LogP contribution < -0.4 is 0 Å². The molecule has 1 heterocycles. The molecule has 1 saturated heterocycles. The monoisotopic (exact) mass is 311 g/mol. The summed E-state index contributed by atoms with van der Waals surface area (Å²) < 4.78 is 26.7. The first-order valence-electron chi connectivity index (χ1n) is 7.19. The SMILES string of the molecule is CCc1ccc(S(=O)(=O)N2CCC(C(=O)O)CC2C)cc1. The van der Waals surface area contributed by atoms with E-state index in [1.54, 1.807) is 19.1 Å². The molecule has 2 rings (SSSR count). The summed E-state index contributed by atoms with van der Waals surface area (Å²) in [6.45, 7) is 4.05. The quantitative estimate of drug-likeness (QED) is 0.924. The van der Waals surface area contributed by atoms with Crippen molar-refractivity contribution in [3.05, 3.63) is 29.8 Å². The number of aryl methyl sites for hydroxylation is 1. The van der Waals surface area contributed by atoms with Crippen LogP contribution in [-0.2, 0) is 21.2 Å². The molecule has 1 aromatic rings. The van der Waals surface area contributed by atoms with Crippen LogP contribution in [0.4, 0.5) is 0 Å². The average molecular weight is 311 g/mol. The van der Waals surface area contributed by atoms with Crippen LogP contribution in [0.2, 0.25) is 0 Å². The van der Waals surface area contributed by atoms with E-state index in [9.17, 15) is 13.2 Å². The number of nitrogens with zero attached hydrogens (tertiary/aromatic N) is 1. The van der Waals surface area contributed by atoms with E-state index in [1.807, 2.05) is 19.1 Å². The number of rotatable bonds is 4. The number of hydrogen-bond acceptors (Lipinski definition) is 3. The van der Waals surface area contributed by atoms with Gasteiger partial charge in [-0.1, -0.05) is 19.1 Å². The lowest BCUT2D eigenvalue weighted by molar-refractivity contribution is -0.143. The fourth-order valence-electron chi connectivity index (χ4n) is 2.76. The second-order valence-corrected chi connectivity index (χ2v) is 7.41. The van der Waals surface area contributed by atoms with Crippen molar-refractivity contribution < 1.29 is 18.3 Å². The minimum Gasteiger partial charge on any atom is -0.481 e. The van der Waals surface area contributed by atoms with Crippen LogP contribution in [0.25, 0.3) is 0 Å². The Balaban J connectivity index is 2.21. The molecule has 0 aliphatic carbocycles. The zero-order valence-corrected chi connectivity index (χ0v) is 13.1. The number of benzene rings is 1. The number of piperidine rings is 1. The van der Waals surface area contributed by atoms with E-state index in [0.29, 0.717) is 12.8 Å². The summed E-state index contributed by atoms with van der Waals surface area (Å²) in [5.74, 6) is -1.29. The average Bonchev–Trinajstić information content (AvgIpc) is 2.46. The maximum Gasteiger partial charge on any atom is 0.306 e. The Morgan fingerprint density at radius 2 is 1.95 bits per heavy atom. The largest absolute Gasteiger partial charge is 0.481 e. The molecule has 1 aliphatic rings. The Kier molecular flexibility index (Phi) is 4.68. The third-order valence-electron chi connectivity index (χ3n) is 4.10. The molecule has 0 bridgehead atoms. The molecule has 6 heteroatoms. The van der Waals surface area contributed by atoms with Crippen molar-refractivity contribution in [3.8, 4) is 0 Å². The van der Waals surface area contributed by atoms with Gasteiger partial charge in [0.2, 0.25) is 10.0 Å². The third-order valence-corrected chi connectivity index (χ3v) is 6.13.